The molecule has 0 spiro atoms. The van der Waals surface area contributed by atoms with E-state index in [1.807, 2.05) is 19.1 Å². The molecule has 0 aromatic heterocycles. The van der Waals surface area contributed by atoms with Crippen LogP contribution in [0.1, 0.15) is 15.9 Å². The molecule has 0 amide bonds. The lowest BCUT2D eigenvalue weighted by Gasteiger charge is -2.07. The van der Waals surface area contributed by atoms with Gasteiger partial charge in [0, 0.05) is 5.02 Å². The minimum atomic E-state index is -0.958. The standard InChI is InChI=1S/C14H11ClO3/c1-9-2-5-12(8-13(9)15)18-11-6-3-10(4-7-11)14(16)17/h2-8H,1H3,(H,16,17). The fourth-order valence-electron chi connectivity index (χ4n) is 1.44. The SMILES string of the molecule is Cc1ccc(Oc2ccc(C(=O)O)cc2)cc1Cl. The Morgan fingerprint density at radius 2 is 1.72 bits per heavy atom. The molecular formula is C14H11ClO3. The van der Waals surface area contributed by atoms with Crippen LogP contribution in [0.2, 0.25) is 5.02 Å². The molecule has 92 valence electrons. The minimum absolute atomic E-state index is 0.226. The van der Waals surface area contributed by atoms with E-state index >= 15 is 0 Å². The number of carbonyl (C=O) groups is 1. The molecule has 0 unspecified atom stereocenters. The smallest absolute Gasteiger partial charge is 0.335 e. The monoisotopic (exact) mass is 262 g/mol. The number of ether oxygens (including phenoxy) is 1. The van der Waals surface area contributed by atoms with Crippen LogP contribution in [0, 0.1) is 6.92 Å². The Hall–Kier alpha value is -2.00. The molecule has 1 N–H and O–H groups in total. The van der Waals surface area contributed by atoms with Crippen molar-refractivity contribution < 1.29 is 14.6 Å². The van der Waals surface area contributed by atoms with Crippen LogP contribution in [0.4, 0.5) is 0 Å². The summed E-state index contributed by atoms with van der Waals surface area (Å²) in [5.41, 5.74) is 1.20. The second-order valence-electron chi connectivity index (χ2n) is 3.84. The lowest BCUT2D eigenvalue weighted by atomic mass is 10.2. The van der Waals surface area contributed by atoms with Crippen molar-refractivity contribution in [1.82, 2.24) is 0 Å². The number of halogens is 1. The van der Waals surface area contributed by atoms with Crippen molar-refractivity contribution in [2.24, 2.45) is 0 Å². The predicted octanol–water partition coefficient (Wildman–Crippen LogP) is 4.14. The fraction of sp³-hybridized carbons (Fsp3) is 0.0714. The van der Waals surface area contributed by atoms with E-state index in [2.05, 4.69) is 0 Å². The summed E-state index contributed by atoms with van der Waals surface area (Å²) in [6.45, 7) is 1.91. The number of hydrogen-bond acceptors (Lipinski definition) is 2. The molecule has 0 aliphatic heterocycles. The summed E-state index contributed by atoms with van der Waals surface area (Å²) >= 11 is 5.99. The lowest BCUT2D eigenvalue weighted by Crippen LogP contribution is -1.95. The van der Waals surface area contributed by atoms with Crippen LogP contribution >= 0.6 is 11.6 Å². The molecule has 3 nitrogen and oxygen atoms in total. The fourth-order valence-corrected chi connectivity index (χ4v) is 1.61. The topological polar surface area (TPSA) is 46.5 Å². The molecule has 2 aromatic carbocycles. The number of rotatable bonds is 3. The summed E-state index contributed by atoms with van der Waals surface area (Å²) < 4.78 is 5.57. The van der Waals surface area contributed by atoms with Gasteiger partial charge in [-0.15, -0.1) is 0 Å². The maximum Gasteiger partial charge on any atom is 0.335 e. The van der Waals surface area contributed by atoms with Crippen LogP contribution in [0.5, 0.6) is 11.5 Å². The predicted molar refractivity (Wildman–Crippen MR) is 69.7 cm³/mol. The van der Waals surface area contributed by atoms with Crippen molar-refractivity contribution in [2.75, 3.05) is 0 Å². The zero-order valence-electron chi connectivity index (χ0n) is 9.68. The number of aromatic carboxylic acids is 1. The molecule has 0 atom stereocenters. The van der Waals surface area contributed by atoms with Gasteiger partial charge >= 0.3 is 5.97 Å². The van der Waals surface area contributed by atoms with E-state index in [9.17, 15) is 4.79 Å². The van der Waals surface area contributed by atoms with E-state index in [-0.39, 0.29) is 5.56 Å². The van der Waals surface area contributed by atoms with Gasteiger partial charge in [-0.25, -0.2) is 4.79 Å². The molecule has 0 heterocycles. The molecule has 0 saturated heterocycles. The van der Waals surface area contributed by atoms with Crippen molar-refractivity contribution in [3.8, 4) is 11.5 Å². The maximum atomic E-state index is 10.7. The van der Waals surface area contributed by atoms with Gasteiger partial charge in [-0.2, -0.15) is 0 Å². The highest BCUT2D eigenvalue weighted by molar-refractivity contribution is 6.31. The summed E-state index contributed by atoms with van der Waals surface area (Å²) in [4.78, 5) is 10.7. The summed E-state index contributed by atoms with van der Waals surface area (Å²) in [5.74, 6) is 0.230. The average Bonchev–Trinajstić information content (AvgIpc) is 2.34. The van der Waals surface area contributed by atoms with Crippen molar-refractivity contribution in [3.63, 3.8) is 0 Å². The number of benzene rings is 2. The largest absolute Gasteiger partial charge is 0.478 e. The molecule has 2 aromatic rings. The van der Waals surface area contributed by atoms with Gasteiger partial charge < -0.3 is 9.84 Å². The van der Waals surface area contributed by atoms with Crippen LogP contribution in [0.15, 0.2) is 42.5 Å². The zero-order chi connectivity index (χ0) is 13.1. The van der Waals surface area contributed by atoms with Gasteiger partial charge in [0.25, 0.3) is 0 Å². The highest BCUT2D eigenvalue weighted by Crippen LogP contribution is 2.26. The molecular weight excluding hydrogens is 252 g/mol. The van der Waals surface area contributed by atoms with Gasteiger partial charge in [0.15, 0.2) is 0 Å². The van der Waals surface area contributed by atoms with E-state index in [0.29, 0.717) is 16.5 Å². The summed E-state index contributed by atoms with van der Waals surface area (Å²) in [6, 6.07) is 11.6. The van der Waals surface area contributed by atoms with E-state index < -0.39 is 5.97 Å². The lowest BCUT2D eigenvalue weighted by molar-refractivity contribution is 0.0697. The second-order valence-corrected chi connectivity index (χ2v) is 4.25. The minimum Gasteiger partial charge on any atom is -0.478 e. The van der Waals surface area contributed by atoms with Crippen LogP contribution in [0.3, 0.4) is 0 Å². The first kappa shape index (κ1) is 12.5. The van der Waals surface area contributed by atoms with Crippen molar-refractivity contribution in [2.45, 2.75) is 6.92 Å². The zero-order valence-corrected chi connectivity index (χ0v) is 10.4. The number of carboxylic acid groups (broad SMARTS) is 1. The molecule has 0 saturated carbocycles. The molecule has 0 aliphatic carbocycles. The molecule has 0 aliphatic rings. The number of carboxylic acids is 1. The van der Waals surface area contributed by atoms with E-state index in [1.165, 1.54) is 12.1 Å². The van der Waals surface area contributed by atoms with Crippen LogP contribution in [-0.2, 0) is 0 Å². The van der Waals surface area contributed by atoms with E-state index in [0.717, 1.165) is 5.56 Å². The molecule has 0 bridgehead atoms. The Morgan fingerprint density at radius 1 is 1.11 bits per heavy atom. The Morgan fingerprint density at radius 3 is 2.28 bits per heavy atom. The van der Waals surface area contributed by atoms with Gasteiger partial charge in [0.2, 0.25) is 0 Å². The van der Waals surface area contributed by atoms with Gasteiger partial charge in [-0.3, -0.25) is 0 Å². The molecule has 2 rings (SSSR count). The highest BCUT2D eigenvalue weighted by Gasteiger charge is 2.04. The number of hydrogen-bond donors (Lipinski definition) is 1. The van der Waals surface area contributed by atoms with Gasteiger partial charge in [0.1, 0.15) is 11.5 Å². The quantitative estimate of drug-likeness (QED) is 0.904. The van der Waals surface area contributed by atoms with Crippen LogP contribution in [-0.4, -0.2) is 11.1 Å². The highest BCUT2D eigenvalue weighted by atomic mass is 35.5. The second kappa shape index (κ2) is 5.10. The summed E-state index contributed by atoms with van der Waals surface area (Å²) in [7, 11) is 0. The van der Waals surface area contributed by atoms with Crippen molar-refractivity contribution in [3.05, 3.63) is 58.6 Å². The van der Waals surface area contributed by atoms with Gasteiger partial charge in [-0.1, -0.05) is 17.7 Å². The van der Waals surface area contributed by atoms with Gasteiger partial charge in [0.05, 0.1) is 5.56 Å². The Labute approximate surface area is 110 Å². The third-order valence-corrected chi connectivity index (χ3v) is 2.89. The van der Waals surface area contributed by atoms with Crippen LogP contribution < -0.4 is 4.74 Å². The molecule has 0 radical (unpaired) electrons. The Bertz CT molecular complexity index is 576. The van der Waals surface area contributed by atoms with E-state index in [1.54, 1.807) is 18.2 Å². The Kier molecular flexibility index (Phi) is 3.53. The van der Waals surface area contributed by atoms with Crippen LogP contribution in [0.25, 0.3) is 0 Å². The molecule has 18 heavy (non-hydrogen) atoms. The molecule has 0 fully saturated rings. The normalized spacial score (nSPS) is 10.1. The maximum absolute atomic E-state index is 10.7. The van der Waals surface area contributed by atoms with Crippen molar-refractivity contribution in [1.29, 1.82) is 0 Å². The molecule has 4 heteroatoms. The first-order valence-electron chi connectivity index (χ1n) is 5.33. The third-order valence-electron chi connectivity index (χ3n) is 2.48. The average molecular weight is 263 g/mol. The van der Waals surface area contributed by atoms with E-state index in [4.69, 9.17) is 21.4 Å². The third kappa shape index (κ3) is 2.81. The summed E-state index contributed by atoms with van der Waals surface area (Å²) in [5, 5.41) is 9.41. The van der Waals surface area contributed by atoms with Crippen molar-refractivity contribution >= 4 is 17.6 Å². The first-order valence-corrected chi connectivity index (χ1v) is 5.71. The Balaban J connectivity index is 2.18. The number of aryl methyl sites for hydroxylation is 1. The first-order chi connectivity index (χ1) is 8.56. The summed E-state index contributed by atoms with van der Waals surface area (Å²) in [6.07, 6.45) is 0. The van der Waals surface area contributed by atoms with Gasteiger partial charge in [-0.05, 0) is 48.9 Å².